The Kier molecular flexibility index (Phi) is 5.04. The molecule has 1 heteroatoms. The van der Waals surface area contributed by atoms with Crippen LogP contribution in [0.15, 0.2) is 54.6 Å². The number of halogens is 1. The van der Waals surface area contributed by atoms with Crippen LogP contribution in [0.3, 0.4) is 0 Å². The Balaban J connectivity index is 2.08. The summed E-state index contributed by atoms with van der Waals surface area (Å²) in [4.78, 5) is 0. The molecule has 19 heavy (non-hydrogen) atoms. The van der Waals surface area contributed by atoms with Crippen LogP contribution in [-0.4, -0.2) is 0 Å². The van der Waals surface area contributed by atoms with Crippen molar-refractivity contribution in [3.63, 3.8) is 0 Å². The third-order valence-electron chi connectivity index (χ3n) is 3.84. The molecule has 0 heterocycles. The zero-order chi connectivity index (χ0) is 13.7. The maximum absolute atomic E-state index is 5.95. The van der Waals surface area contributed by atoms with Gasteiger partial charge in [0.05, 0.1) is 0 Å². The normalized spacial score (nSPS) is 14.1. The van der Waals surface area contributed by atoms with Gasteiger partial charge in [0.1, 0.15) is 0 Å². The lowest BCUT2D eigenvalue weighted by atomic mass is 9.85. The first-order chi connectivity index (χ1) is 9.20. The van der Waals surface area contributed by atoms with E-state index in [-0.39, 0.29) is 0 Å². The van der Waals surface area contributed by atoms with E-state index in [1.807, 2.05) is 12.1 Å². The van der Waals surface area contributed by atoms with Crippen molar-refractivity contribution in [1.29, 1.82) is 0 Å². The molecule has 0 radical (unpaired) electrons. The summed E-state index contributed by atoms with van der Waals surface area (Å²) in [5, 5.41) is 0.811. The van der Waals surface area contributed by atoms with Crippen LogP contribution in [0.25, 0.3) is 0 Å². The Bertz CT molecular complexity index is 487. The van der Waals surface area contributed by atoms with Gasteiger partial charge in [-0.3, -0.25) is 0 Å². The Hall–Kier alpha value is -1.27. The number of rotatable bonds is 5. The van der Waals surface area contributed by atoms with Gasteiger partial charge < -0.3 is 0 Å². The van der Waals surface area contributed by atoms with Crippen LogP contribution in [0.1, 0.15) is 49.7 Å². The molecular weight excluding hydrogens is 252 g/mol. The highest BCUT2D eigenvalue weighted by Crippen LogP contribution is 2.32. The van der Waals surface area contributed by atoms with Crippen LogP contribution in [0, 0.1) is 0 Å². The molecule has 2 aromatic carbocycles. The van der Waals surface area contributed by atoms with Crippen molar-refractivity contribution in [2.45, 2.75) is 38.5 Å². The van der Waals surface area contributed by atoms with Gasteiger partial charge in [-0.15, -0.1) is 0 Å². The molecule has 0 aliphatic rings. The van der Waals surface area contributed by atoms with Gasteiger partial charge in [0.15, 0.2) is 0 Å². The van der Waals surface area contributed by atoms with Crippen molar-refractivity contribution in [3.05, 3.63) is 70.7 Å². The Morgan fingerprint density at radius 3 is 2.11 bits per heavy atom. The first kappa shape index (κ1) is 14.1. The zero-order valence-corrected chi connectivity index (χ0v) is 12.4. The predicted octanol–water partition coefficient (Wildman–Crippen LogP) is 6.03. The number of hydrogen-bond acceptors (Lipinski definition) is 0. The van der Waals surface area contributed by atoms with Gasteiger partial charge in [-0.2, -0.15) is 0 Å². The molecular formula is C18H21Cl. The predicted molar refractivity (Wildman–Crippen MR) is 84.0 cm³/mol. The summed E-state index contributed by atoms with van der Waals surface area (Å²) >= 11 is 5.95. The molecule has 2 rings (SSSR count). The third kappa shape index (κ3) is 3.84. The molecule has 2 aromatic rings. The molecule has 0 nitrogen and oxygen atoms in total. The van der Waals surface area contributed by atoms with Crippen LogP contribution in [0.5, 0.6) is 0 Å². The van der Waals surface area contributed by atoms with Crippen molar-refractivity contribution in [2.75, 3.05) is 0 Å². The van der Waals surface area contributed by atoms with Crippen molar-refractivity contribution in [1.82, 2.24) is 0 Å². The van der Waals surface area contributed by atoms with Gasteiger partial charge in [-0.25, -0.2) is 0 Å². The second-order valence-corrected chi connectivity index (χ2v) is 5.64. The first-order valence-electron chi connectivity index (χ1n) is 7.01. The van der Waals surface area contributed by atoms with Gasteiger partial charge in [0.25, 0.3) is 0 Å². The average Bonchev–Trinajstić information content (AvgIpc) is 2.46. The van der Waals surface area contributed by atoms with Crippen LogP contribution in [-0.2, 0) is 0 Å². The van der Waals surface area contributed by atoms with E-state index in [1.165, 1.54) is 24.0 Å². The highest BCUT2D eigenvalue weighted by atomic mass is 35.5. The number of benzene rings is 2. The molecule has 0 aliphatic carbocycles. The van der Waals surface area contributed by atoms with Crippen LogP contribution in [0.2, 0.25) is 5.02 Å². The average molecular weight is 273 g/mol. The molecule has 0 fully saturated rings. The monoisotopic (exact) mass is 272 g/mol. The van der Waals surface area contributed by atoms with E-state index >= 15 is 0 Å². The minimum absolute atomic E-state index is 0.558. The van der Waals surface area contributed by atoms with Gasteiger partial charge in [-0.1, -0.05) is 67.9 Å². The molecule has 0 saturated heterocycles. The fourth-order valence-corrected chi connectivity index (χ4v) is 2.74. The molecule has 0 N–H and O–H groups in total. The Labute approximate surface area is 121 Å². The quantitative estimate of drug-likeness (QED) is 0.624. The fourth-order valence-electron chi connectivity index (χ4n) is 2.62. The van der Waals surface area contributed by atoms with E-state index in [9.17, 15) is 0 Å². The van der Waals surface area contributed by atoms with E-state index in [0.717, 1.165) is 5.02 Å². The standard InChI is InChI=1S/C18H21Cl/c1-3-15(17-7-5-4-6-8-17)13-14(2)16-9-11-18(19)12-10-16/h4-12,14-15H,3,13H2,1-2H3. The highest BCUT2D eigenvalue weighted by Gasteiger charge is 2.14. The van der Waals surface area contributed by atoms with E-state index in [1.54, 1.807) is 0 Å². The summed E-state index contributed by atoms with van der Waals surface area (Å²) in [5.41, 5.74) is 2.82. The van der Waals surface area contributed by atoms with Crippen LogP contribution >= 0.6 is 11.6 Å². The molecule has 2 atom stereocenters. The SMILES string of the molecule is CCC(CC(C)c1ccc(Cl)cc1)c1ccccc1. The molecule has 0 bridgehead atoms. The van der Waals surface area contributed by atoms with Crippen molar-refractivity contribution in [3.8, 4) is 0 Å². The molecule has 0 amide bonds. The fraction of sp³-hybridized carbons (Fsp3) is 0.333. The van der Waals surface area contributed by atoms with Crippen LogP contribution < -0.4 is 0 Å². The molecule has 100 valence electrons. The minimum Gasteiger partial charge on any atom is -0.0843 e. The molecule has 2 unspecified atom stereocenters. The second-order valence-electron chi connectivity index (χ2n) is 5.20. The van der Waals surface area contributed by atoms with Crippen molar-refractivity contribution >= 4 is 11.6 Å². The van der Waals surface area contributed by atoms with Gasteiger partial charge in [0, 0.05) is 5.02 Å². The molecule has 0 aliphatic heterocycles. The maximum atomic E-state index is 5.95. The van der Waals surface area contributed by atoms with E-state index in [0.29, 0.717) is 11.8 Å². The summed E-state index contributed by atoms with van der Waals surface area (Å²) in [6, 6.07) is 19.1. The van der Waals surface area contributed by atoms with Gasteiger partial charge in [-0.05, 0) is 47.9 Å². The Morgan fingerprint density at radius 2 is 1.53 bits per heavy atom. The lowest BCUT2D eigenvalue weighted by Gasteiger charge is -2.20. The largest absolute Gasteiger partial charge is 0.0843 e. The lowest BCUT2D eigenvalue weighted by Crippen LogP contribution is -2.03. The van der Waals surface area contributed by atoms with E-state index < -0.39 is 0 Å². The smallest absolute Gasteiger partial charge is 0.0406 e. The third-order valence-corrected chi connectivity index (χ3v) is 4.09. The summed E-state index contributed by atoms with van der Waals surface area (Å²) in [6.07, 6.45) is 2.37. The van der Waals surface area contributed by atoms with Crippen molar-refractivity contribution in [2.24, 2.45) is 0 Å². The second kappa shape index (κ2) is 6.77. The van der Waals surface area contributed by atoms with E-state index in [2.05, 4.69) is 56.3 Å². The first-order valence-corrected chi connectivity index (χ1v) is 7.39. The Morgan fingerprint density at radius 1 is 0.895 bits per heavy atom. The van der Waals surface area contributed by atoms with Gasteiger partial charge in [0.2, 0.25) is 0 Å². The zero-order valence-electron chi connectivity index (χ0n) is 11.6. The summed E-state index contributed by atoms with van der Waals surface area (Å²) in [7, 11) is 0. The lowest BCUT2D eigenvalue weighted by molar-refractivity contribution is 0.544. The summed E-state index contributed by atoms with van der Waals surface area (Å²) < 4.78 is 0. The minimum atomic E-state index is 0.558. The maximum Gasteiger partial charge on any atom is 0.0406 e. The van der Waals surface area contributed by atoms with Crippen molar-refractivity contribution < 1.29 is 0 Å². The molecule has 0 aromatic heterocycles. The van der Waals surface area contributed by atoms with Crippen LogP contribution in [0.4, 0.5) is 0 Å². The number of hydrogen-bond donors (Lipinski definition) is 0. The highest BCUT2D eigenvalue weighted by molar-refractivity contribution is 6.30. The molecule has 0 spiro atoms. The topological polar surface area (TPSA) is 0 Å². The summed E-state index contributed by atoms with van der Waals surface area (Å²) in [5.74, 6) is 1.19. The van der Waals surface area contributed by atoms with E-state index in [4.69, 9.17) is 11.6 Å². The summed E-state index contributed by atoms with van der Waals surface area (Å²) in [6.45, 7) is 4.57. The molecule has 0 saturated carbocycles. The van der Waals surface area contributed by atoms with Gasteiger partial charge >= 0.3 is 0 Å².